The van der Waals surface area contributed by atoms with Crippen LogP contribution in [0.3, 0.4) is 0 Å². The van der Waals surface area contributed by atoms with Gasteiger partial charge in [0.05, 0.1) is 22.7 Å². The predicted molar refractivity (Wildman–Crippen MR) is 121 cm³/mol. The second-order valence-electron chi connectivity index (χ2n) is 7.72. The first-order chi connectivity index (χ1) is 14.9. The number of nitrogens with zero attached hydrogens (tertiary/aromatic N) is 3. The number of thiazole rings is 1. The minimum absolute atomic E-state index is 0.134. The second kappa shape index (κ2) is 9.25. The van der Waals surface area contributed by atoms with Crippen LogP contribution in [-0.2, 0) is 21.2 Å². The molecule has 1 fully saturated rings. The van der Waals surface area contributed by atoms with E-state index < -0.39 is 10.0 Å². The first kappa shape index (κ1) is 21.6. The molecule has 1 amide bonds. The molecule has 1 unspecified atom stereocenters. The number of rotatable bonds is 6. The van der Waals surface area contributed by atoms with Crippen LogP contribution in [0, 0.1) is 5.92 Å². The van der Waals surface area contributed by atoms with E-state index in [1.807, 2.05) is 23.6 Å². The van der Waals surface area contributed by atoms with Gasteiger partial charge in [0.25, 0.3) is 0 Å². The van der Waals surface area contributed by atoms with Crippen molar-refractivity contribution in [2.45, 2.75) is 31.1 Å². The van der Waals surface area contributed by atoms with Crippen molar-refractivity contribution in [2.24, 2.45) is 5.92 Å². The van der Waals surface area contributed by atoms with Gasteiger partial charge in [-0.2, -0.15) is 4.31 Å². The molecule has 0 aliphatic carbocycles. The maximum atomic E-state index is 12.9. The average molecular weight is 457 g/mol. The lowest BCUT2D eigenvalue weighted by Gasteiger charge is -2.30. The van der Waals surface area contributed by atoms with E-state index in [0.29, 0.717) is 30.4 Å². The van der Waals surface area contributed by atoms with Gasteiger partial charge in [-0.15, -0.1) is 11.3 Å². The molecule has 4 rings (SSSR count). The highest BCUT2D eigenvalue weighted by Crippen LogP contribution is 2.25. The Morgan fingerprint density at radius 1 is 1.23 bits per heavy atom. The zero-order valence-electron chi connectivity index (χ0n) is 17.2. The zero-order valence-corrected chi connectivity index (χ0v) is 18.8. The lowest BCUT2D eigenvalue weighted by atomic mass is 10.0. The highest BCUT2D eigenvalue weighted by atomic mass is 32.2. The summed E-state index contributed by atoms with van der Waals surface area (Å²) in [6, 6.07) is 12.0. The molecule has 2 aromatic heterocycles. The molecule has 1 saturated heterocycles. The molecule has 1 aliphatic heterocycles. The third-order valence-corrected chi connectivity index (χ3v) is 7.97. The normalized spacial score (nSPS) is 17.4. The number of anilines is 1. The summed E-state index contributed by atoms with van der Waals surface area (Å²) in [4.78, 5) is 21.4. The first-order valence-corrected chi connectivity index (χ1v) is 12.5. The van der Waals surface area contributed by atoms with Crippen LogP contribution in [0.2, 0.25) is 0 Å². The van der Waals surface area contributed by atoms with Crippen molar-refractivity contribution < 1.29 is 13.2 Å². The van der Waals surface area contributed by atoms with Crippen LogP contribution >= 0.6 is 11.3 Å². The van der Waals surface area contributed by atoms with Crippen LogP contribution in [-0.4, -0.2) is 41.7 Å². The SMILES string of the molecule is CC1CCCN(S(=O)(=O)c2ccc(NC(=O)Cc3csc(-c4ccccn4)n3)cc2)C1. The Balaban J connectivity index is 1.38. The van der Waals surface area contributed by atoms with E-state index in [1.54, 1.807) is 34.8 Å². The van der Waals surface area contributed by atoms with Crippen molar-refractivity contribution in [1.29, 1.82) is 0 Å². The van der Waals surface area contributed by atoms with Gasteiger partial charge in [0.15, 0.2) is 0 Å². The molecule has 0 spiro atoms. The topological polar surface area (TPSA) is 92.3 Å². The molecule has 1 aromatic carbocycles. The van der Waals surface area contributed by atoms with E-state index in [-0.39, 0.29) is 17.2 Å². The number of nitrogens with one attached hydrogen (secondary N) is 1. The summed E-state index contributed by atoms with van der Waals surface area (Å²) in [5, 5.41) is 5.42. The maximum Gasteiger partial charge on any atom is 0.243 e. The van der Waals surface area contributed by atoms with Gasteiger partial charge in [-0.05, 0) is 55.2 Å². The number of amides is 1. The van der Waals surface area contributed by atoms with Crippen LogP contribution in [0.25, 0.3) is 10.7 Å². The third-order valence-electron chi connectivity index (χ3n) is 5.17. The monoisotopic (exact) mass is 456 g/mol. The number of pyridine rings is 1. The first-order valence-electron chi connectivity index (χ1n) is 10.2. The molecule has 1 atom stereocenters. The Morgan fingerprint density at radius 2 is 2.03 bits per heavy atom. The zero-order chi connectivity index (χ0) is 21.8. The summed E-state index contributed by atoms with van der Waals surface area (Å²) in [7, 11) is -3.51. The predicted octanol–water partition coefficient (Wildman–Crippen LogP) is 3.81. The smallest absolute Gasteiger partial charge is 0.243 e. The molecule has 31 heavy (non-hydrogen) atoms. The molecule has 0 radical (unpaired) electrons. The molecular formula is C22H24N4O3S2. The Kier molecular flexibility index (Phi) is 6.45. The fourth-order valence-electron chi connectivity index (χ4n) is 3.59. The molecule has 3 heterocycles. The quantitative estimate of drug-likeness (QED) is 0.609. The number of aromatic nitrogens is 2. The molecule has 162 valence electrons. The molecule has 3 aromatic rings. The van der Waals surface area contributed by atoms with Crippen molar-refractivity contribution in [3.8, 4) is 10.7 Å². The van der Waals surface area contributed by atoms with Crippen molar-refractivity contribution >= 4 is 33.0 Å². The van der Waals surface area contributed by atoms with E-state index in [9.17, 15) is 13.2 Å². The highest BCUT2D eigenvalue weighted by Gasteiger charge is 2.28. The van der Waals surface area contributed by atoms with Crippen LogP contribution in [0.4, 0.5) is 5.69 Å². The van der Waals surface area contributed by atoms with E-state index in [2.05, 4.69) is 22.2 Å². The Hall–Kier alpha value is -2.62. The van der Waals surface area contributed by atoms with Crippen LogP contribution in [0.5, 0.6) is 0 Å². The van der Waals surface area contributed by atoms with E-state index in [1.165, 1.54) is 11.3 Å². The number of hydrogen-bond donors (Lipinski definition) is 1. The number of piperidine rings is 1. The van der Waals surface area contributed by atoms with Crippen LogP contribution in [0.1, 0.15) is 25.5 Å². The van der Waals surface area contributed by atoms with Gasteiger partial charge in [0, 0.05) is 30.4 Å². The summed E-state index contributed by atoms with van der Waals surface area (Å²) in [5.74, 6) is 0.157. The Bertz CT molecular complexity index is 1150. The fourth-order valence-corrected chi connectivity index (χ4v) is 5.98. The lowest BCUT2D eigenvalue weighted by molar-refractivity contribution is -0.115. The highest BCUT2D eigenvalue weighted by molar-refractivity contribution is 7.89. The standard InChI is InChI=1S/C22H24N4O3S2/c1-16-5-4-12-26(14-16)31(28,29)19-9-7-17(8-10-19)24-21(27)13-18-15-30-22(25-18)20-6-2-3-11-23-20/h2-3,6-11,15-16H,4-5,12-14H2,1H3,(H,24,27). The lowest BCUT2D eigenvalue weighted by Crippen LogP contribution is -2.39. The van der Waals surface area contributed by atoms with Crippen LogP contribution < -0.4 is 5.32 Å². The van der Waals surface area contributed by atoms with Gasteiger partial charge < -0.3 is 5.32 Å². The number of benzene rings is 1. The molecule has 9 heteroatoms. The minimum Gasteiger partial charge on any atom is -0.326 e. The van der Waals surface area contributed by atoms with Gasteiger partial charge in [-0.3, -0.25) is 9.78 Å². The molecule has 1 N–H and O–H groups in total. The molecule has 0 bridgehead atoms. The van der Waals surface area contributed by atoms with E-state index >= 15 is 0 Å². The average Bonchev–Trinajstić information content (AvgIpc) is 3.23. The van der Waals surface area contributed by atoms with Gasteiger partial charge >= 0.3 is 0 Å². The summed E-state index contributed by atoms with van der Waals surface area (Å²) in [6.07, 6.45) is 3.78. The van der Waals surface area contributed by atoms with Crippen molar-refractivity contribution in [3.63, 3.8) is 0 Å². The van der Waals surface area contributed by atoms with Crippen LogP contribution in [0.15, 0.2) is 58.9 Å². The minimum atomic E-state index is -3.51. The summed E-state index contributed by atoms with van der Waals surface area (Å²) in [5.41, 5.74) is 2.00. The van der Waals surface area contributed by atoms with E-state index in [4.69, 9.17) is 0 Å². The summed E-state index contributed by atoms with van der Waals surface area (Å²) >= 11 is 1.44. The third kappa shape index (κ3) is 5.17. The van der Waals surface area contributed by atoms with Gasteiger partial charge in [0.2, 0.25) is 15.9 Å². The van der Waals surface area contributed by atoms with Crippen molar-refractivity contribution in [1.82, 2.24) is 14.3 Å². The summed E-state index contributed by atoms with van der Waals surface area (Å²) in [6.45, 7) is 3.18. The van der Waals surface area contributed by atoms with E-state index in [0.717, 1.165) is 23.5 Å². The molecule has 1 aliphatic rings. The van der Waals surface area contributed by atoms with Crippen molar-refractivity contribution in [3.05, 3.63) is 59.7 Å². The molecular weight excluding hydrogens is 432 g/mol. The number of carbonyl (C=O) groups excluding carboxylic acids is 1. The number of carbonyl (C=O) groups is 1. The Morgan fingerprint density at radius 3 is 2.74 bits per heavy atom. The maximum absolute atomic E-state index is 12.9. The number of hydrogen-bond acceptors (Lipinski definition) is 6. The van der Waals surface area contributed by atoms with Gasteiger partial charge in [-0.1, -0.05) is 13.0 Å². The Labute approximate surface area is 186 Å². The largest absolute Gasteiger partial charge is 0.326 e. The number of sulfonamides is 1. The molecule has 0 saturated carbocycles. The van der Waals surface area contributed by atoms with Gasteiger partial charge in [-0.25, -0.2) is 13.4 Å². The van der Waals surface area contributed by atoms with Gasteiger partial charge in [0.1, 0.15) is 5.01 Å². The summed E-state index contributed by atoms with van der Waals surface area (Å²) < 4.78 is 27.3. The molecule has 7 nitrogen and oxygen atoms in total. The second-order valence-corrected chi connectivity index (χ2v) is 10.5. The fraction of sp³-hybridized carbons (Fsp3) is 0.318. The van der Waals surface area contributed by atoms with Crippen molar-refractivity contribution in [2.75, 3.05) is 18.4 Å².